The number of anilines is 2. The lowest BCUT2D eigenvalue weighted by Crippen LogP contribution is -2.37. The van der Waals surface area contributed by atoms with E-state index in [9.17, 15) is 0 Å². The molecule has 0 atom stereocenters. The van der Waals surface area contributed by atoms with Gasteiger partial charge in [-0.1, -0.05) is 0 Å². The average Bonchev–Trinajstić information content (AvgIpc) is 2.76. The van der Waals surface area contributed by atoms with E-state index in [1.807, 2.05) is 0 Å². The van der Waals surface area contributed by atoms with Crippen molar-refractivity contribution in [2.45, 2.75) is 6.42 Å². The summed E-state index contributed by atoms with van der Waals surface area (Å²) in [4.78, 5) is 2.39. The van der Waals surface area contributed by atoms with Gasteiger partial charge < -0.3 is 15.8 Å². The van der Waals surface area contributed by atoms with E-state index >= 15 is 0 Å². The summed E-state index contributed by atoms with van der Waals surface area (Å²) in [5.74, 6) is 0.318. The second-order valence-corrected chi connectivity index (χ2v) is 4.89. The Bertz CT molecular complexity index is 422. The summed E-state index contributed by atoms with van der Waals surface area (Å²) in [5, 5.41) is 12.9. The predicted molar refractivity (Wildman–Crippen MR) is 71.6 cm³/mol. The van der Waals surface area contributed by atoms with E-state index in [0.29, 0.717) is 11.4 Å². The molecular formula is C11H17N5OS. The molecule has 2 rings (SSSR count). The number of morpholine rings is 1. The zero-order valence-corrected chi connectivity index (χ0v) is 11.0. The lowest BCUT2D eigenvalue weighted by molar-refractivity contribution is 0.0378. The minimum Gasteiger partial charge on any atom is -0.382 e. The highest BCUT2D eigenvalue weighted by molar-refractivity contribution is 7.10. The zero-order chi connectivity index (χ0) is 12.8. The number of nitriles is 1. The molecule has 1 aromatic heterocycles. The molecular weight excluding hydrogens is 250 g/mol. The van der Waals surface area contributed by atoms with Gasteiger partial charge >= 0.3 is 0 Å². The van der Waals surface area contributed by atoms with Crippen LogP contribution in [-0.2, 0) is 4.74 Å². The van der Waals surface area contributed by atoms with Crippen molar-refractivity contribution >= 4 is 22.4 Å². The lowest BCUT2D eigenvalue weighted by atomic mass is 10.3. The molecule has 0 unspecified atom stereocenters. The maximum atomic E-state index is 8.92. The standard InChI is InChI=1S/C11H17N5OS/c12-8-9-10(13)15-18-11(9)14-2-1-3-16-4-6-17-7-5-16/h14H,1-7H2,(H2,13,15). The van der Waals surface area contributed by atoms with Gasteiger partial charge in [0.1, 0.15) is 16.6 Å². The fourth-order valence-corrected chi connectivity index (χ4v) is 2.55. The summed E-state index contributed by atoms with van der Waals surface area (Å²) in [6, 6.07) is 2.07. The van der Waals surface area contributed by atoms with Crippen molar-refractivity contribution < 1.29 is 4.74 Å². The summed E-state index contributed by atoms with van der Waals surface area (Å²) >= 11 is 1.24. The highest BCUT2D eigenvalue weighted by atomic mass is 32.1. The topological polar surface area (TPSA) is 87.2 Å². The average molecular weight is 267 g/mol. The molecule has 6 nitrogen and oxygen atoms in total. The number of aromatic nitrogens is 1. The monoisotopic (exact) mass is 267 g/mol. The maximum Gasteiger partial charge on any atom is 0.157 e. The highest BCUT2D eigenvalue weighted by Gasteiger charge is 2.11. The predicted octanol–water partition coefficient (Wildman–Crippen LogP) is 0.731. The van der Waals surface area contributed by atoms with Crippen LogP contribution in [0.2, 0.25) is 0 Å². The second-order valence-electron chi connectivity index (χ2n) is 4.12. The molecule has 0 spiro atoms. The molecule has 1 aliphatic heterocycles. The quantitative estimate of drug-likeness (QED) is 0.765. The van der Waals surface area contributed by atoms with Gasteiger partial charge in [0.25, 0.3) is 0 Å². The number of nitrogen functional groups attached to an aromatic ring is 1. The van der Waals surface area contributed by atoms with Gasteiger partial charge in [-0.05, 0) is 24.5 Å². The van der Waals surface area contributed by atoms with E-state index in [4.69, 9.17) is 15.7 Å². The van der Waals surface area contributed by atoms with Crippen LogP contribution in [0.1, 0.15) is 12.0 Å². The van der Waals surface area contributed by atoms with Crippen LogP contribution in [0.15, 0.2) is 0 Å². The van der Waals surface area contributed by atoms with Crippen molar-refractivity contribution in [3.8, 4) is 6.07 Å². The van der Waals surface area contributed by atoms with Crippen molar-refractivity contribution in [1.29, 1.82) is 5.26 Å². The normalized spacial score (nSPS) is 16.4. The molecule has 1 fully saturated rings. The molecule has 0 radical (unpaired) electrons. The number of nitrogens with one attached hydrogen (secondary N) is 1. The van der Waals surface area contributed by atoms with Crippen LogP contribution >= 0.6 is 11.5 Å². The molecule has 0 amide bonds. The smallest absolute Gasteiger partial charge is 0.157 e. The largest absolute Gasteiger partial charge is 0.382 e. The van der Waals surface area contributed by atoms with Gasteiger partial charge in [-0.2, -0.15) is 9.64 Å². The van der Waals surface area contributed by atoms with Gasteiger partial charge in [-0.15, -0.1) is 0 Å². The molecule has 0 aliphatic carbocycles. The van der Waals surface area contributed by atoms with Crippen LogP contribution < -0.4 is 11.1 Å². The van der Waals surface area contributed by atoms with Crippen molar-refractivity contribution in [2.24, 2.45) is 0 Å². The molecule has 1 aliphatic rings. The maximum absolute atomic E-state index is 8.92. The van der Waals surface area contributed by atoms with Gasteiger partial charge in [-0.3, -0.25) is 4.90 Å². The van der Waals surface area contributed by atoms with Gasteiger partial charge in [0.05, 0.1) is 13.2 Å². The third-order valence-corrected chi connectivity index (χ3v) is 3.69. The first-order chi connectivity index (χ1) is 8.81. The van der Waals surface area contributed by atoms with E-state index in [-0.39, 0.29) is 0 Å². The molecule has 0 bridgehead atoms. The first-order valence-electron chi connectivity index (χ1n) is 6.00. The highest BCUT2D eigenvalue weighted by Crippen LogP contribution is 2.25. The van der Waals surface area contributed by atoms with Crippen LogP contribution in [0.3, 0.4) is 0 Å². The molecule has 0 aromatic carbocycles. The Labute approximate surface area is 111 Å². The summed E-state index contributed by atoms with van der Waals surface area (Å²) in [5.41, 5.74) is 6.05. The number of ether oxygens (including phenoxy) is 1. The number of rotatable bonds is 5. The molecule has 1 saturated heterocycles. The summed E-state index contributed by atoms with van der Waals surface area (Å²) < 4.78 is 9.26. The number of hydrogen-bond donors (Lipinski definition) is 2. The van der Waals surface area contributed by atoms with Gasteiger partial charge in [-0.25, -0.2) is 0 Å². The van der Waals surface area contributed by atoms with Crippen molar-refractivity contribution in [3.05, 3.63) is 5.56 Å². The Kier molecular flexibility index (Phi) is 4.75. The molecule has 1 aromatic rings. The van der Waals surface area contributed by atoms with Crippen LogP contribution in [0, 0.1) is 11.3 Å². The summed E-state index contributed by atoms with van der Waals surface area (Å²) in [6.07, 6.45) is 1.03. The van der Waals surface area contributed by atoms with Gasteiger partial charge in [0, 0.05) is 19.6 Å². The molecule has 98 valence electrons. The second kappa shape index (κ2) is 6.54. The number of hydrogen-bond acceptors (Lipinski definition) is 7. The van der Waals surface area contributed by atoms with E-state index in [1.54, 1.807) is 0 Å². The van der Waals surface area contributed by atoms with Gasteiger partial charge in [0.15, 0.2) is 5.82 Å². The fraction of sp³-hybridized carbons (Fsp3) is 0.636. The van der Waals surface area contributed by atoms with Crippen molar-refractivity contribution in [2.75, 3.05) is 50.4 Å². The Morgan fingerprint density at radius 1 is 1.50 bits per heavy atom. The lowest BCUT2D eigenvalue weighted by Gasteiger charge is -2.26. The van der Waals surface area contributed by atoms with E-state index in [2.05, 4.69) is 20.7 Å². The SMILES string of the molecule is N#Cc1c(N)nsc1NCCCN1CCOCC1. The Morgan fingerprint density at radius 2 is 2.28 bits per heavy atom. The van der Waals surface area contributed by atoms with E-state index in [1.165, 1.54) is 11.5 Å². The zero-order valence-electron chi connectivity index (χ0n) is 10.2. The molecule has 7 heteroatoms. The Hall–Kier alpha value is -1.36. The van der Waals surface area contributed by atoms with Crippen LogP contribution in [0.25, 0.3) is 0 Å². The van der Waals surface area contributed by atoms with Crippen LogP contribution in [-0.4, -0.2) is 48.7 Å². The molecule has 3 N–H and O–H groups in total. The molecule has 2 heterocycles. The molecule has 0 saturated carbocycles. The van der Waals surface area contributed by atoms with Gasteiger partial charge in [0.2, 0.25) is 0 Å². The van der Waals surface area contributed by atoms with Crippen molar-refractivity contribution in [1.82, 2.24) is 9.27 Å². The third kappa shape index (κ3) is 3.32. The number of nitrogens with zero attached hydrogens (tertiary/aromatic N) is 3. The molecule has 18 heavy (non-hydrogen) atoms. The minimum absolute atomic E-state index is 0.318. The Morgan fingerprint density at radius 3 is 3.00 bits per heavy atom. The van der Waals surface area contributed by atoms with Crippen LogP contribution in [0.4, 0.5) is 10.8 Å². The fourth-order valence-electron chi connectivity index (χ4n) is 1.86. The number of nitrogens with two attached hydrogens (primary N) is 1. The summed E-state index contributed by atoms with van der Waals surface area (Å²) in [7, 11) is 0. The summed E-state index contributed by atoms with van der Waals surface area (Å²) in [6.45, 7) is 5.56. The minimum atomic E-state index is 0.318. The first kappa shape index (κ1) is 13.1. The van der Waals surface area contributed by atoms with E-state index in [0.717, 1.165) is 50.8 Å². The first-order valence-corrected chi connectivity index (χ1v) is 6.78. The van der Waals surface area contributed by atoms with Crippen molar-refractivity contribution in [3.63, 3.8) is 0 Å². The third-order valence-electron chi connectivity index (χ3n) is 2.87. The Balaban J connectivity index is 1.70. The van der Waals surface area contributed by atoms with Crippen LogP contribution in [0.5, 0.6) is 0 Å². The van der Waals surface area contributed by atoms with E-state index < -0.39 is 0 Å².